The van der Waals surface area contributed by atoms with Crippen LogP contribution in [0.15, 0.2) is 30.4 Å². The van der Waals surface area contributed by atoms with Gasteiger partial charge < -0.3 is 10.1 Å². The van der Waals surface area contributed by atoms with E-state index in [1.165, 1.54) is 16.7 Å². The lowest BCUT2D eigenvalue weighted by molar-refractivity contribution is 0.411. The van der Waals surface area contributed by atoms with Crippen molar-refractivity contribution in [2.75, 3.05) is 13.7 Å². The van der Waals surface area contributed by atoms with Crippen molar-refractivity contribution in [3.63, 3.8) is 0 Å². The number of allylic oxidation sites excluding steroid dienone is 1. The van der Waals surface area contributed by atoms with Crippen LogP contribution < -0.4 is 10.1 Å². The molecule has 0 aliphatic heterocycles. The van der Waals surface area contributed by atoms with Gasteiger partial charge in [0.15, 0.2) is 0 Å². The minimum Gasteiger partial charge on any atom is -0.496 e. The van der Waals surface area contributed by atoms with Crippen molar-refractivity contribution in [1.82, 2.24) is 5.32 Å². The van der Waals surface area contributed by atoms with E-state index in [9.17, 15) is 0 Å². The summed E-state index contributed by atoms with van der Waals surface area (Å²) in [5.74, 6) is 0.953. The topological polar surface area (TPSA) is 21.3 Å². The molecule has 1 aromatic rings. The highest BCUT2D eigenvalue weighted by Crippen LogP contribution is 2.25. The molecule has 18 heavy (non-hydrogen) atoms. The van der Waals surface area contributed by atoms with Crippen molar-refractivity contribution in [1.29, 1.82) is 0 Å². The van der Waals surface area contributed by atoms with Gasteiger partial charge in [-0.15, -0.1) is 6.58 Å². The van der Waals surface area contributed by atoms with Gasteiger partial charge in [-0.25, -0.2) is 0 Å². The molecule has 0 spiro atoms. The van der Waals surface area contributed by atoms with Gasteiger partial charge >= 0.3 is 0 Å². The molecule has 100 valence electrons. The summed E-state index contributed by atoms with van der Waals surface area (Å²) in [6.45, 7) is 11.3. The lowest BCUT2D eigenvalue weighted by Gasteiger charge is -2.19. The predicted molar refractivity (Wildman–Crippen MR) is 78.2 cm³/mol. The van der Waals surface area contributed by atoms with Gasteiger partial charge in [0.05, 0.1) is 7.11 Å². The number of methoxy groups -OCH3 is 1. The Hall–Kier alpha value is -1.28. The molecular formula is C16H25NO. The Balaban J connectivity index is 2.84. The first kappa shape index (κ1) is 14.8. The molecule has 1 N–H and O–H groups in total. The summed E-state index contributed by atoms with van der Waals surface area (Å²) in [5, 5.41) is 3.54. The number of hydrogen-bond donors (Lipinski definition) is 1. The highest BCUT2D eigenvalue weighted by Gasteiger charge is 2.11. The molecule has 1 unspecified atom stereocenters. The minimum absolute atomic E-state index is 0.399. The molecule has 0 saturated heterocycles. The zero-order chi connectivity index (χ0) is 13.5. The molecule has 0 fully saturated rings. The van der Waals surface area contributed by atoms with Gasteiger partial charge in [0.1, 0.15) is 5.75 Å². The van der Waals surface area contributed by atoms with Crippen LogP contribution in [-0.4, -0.2) is 13.7 Å². The zero-order valence-electron chi connectivity index (χ0n) is 12.0. The SMILES string of the molecule is C=C(C)CCC(NCC)c1ccc(OC)c(C)c1. The molecule has 1 atom stereocenters. The van der Waals surface area contributed by atoms with Crippen molar-refractivity contribution >= 4 is 0 Å². The fourth-order valence-electron chi connectivity index (χ4n) is 2.14. The van der Waals surface area contributed by atoms with E-state index < -0.39 is 0 Å². The van der Waals surface area contributed by atoms with Gasteiger partial charge in [0.2, 0.25) is 0 Å². The second-order valence-corrected chi connectivity index (χ2v) is 4.84. The van der Waals surface area contributed by atoms with Gasteiger partial charge in [-0.2, -0.15) is 0 Å². The first-order chi connectivity index (χ1) is 8.58. The van der Waals surface area contributed by atoms with Crippen LogP contribution in [0.1, 0.15) is 43.9 Å². The summed E-state index contributed by atoms with van der Waals surface area (Å²) in [6, 6.07) is 6.81. The lowest BCUT2D eigenvalue weighted by atomic mass is 9.98. The number of benzene rings is 1. The highest BCUT2D eigenvalue weighted by molar-refractivity contribution is 5.37. The molecule has 0 heterocycles. The third-order valence-electron chi connectivity index (χ3n) is 3.13. The third-order valence-corrected chi connectivity index (χ3v) is 3.13. The first-order valence-corrected chi connectivity index (χ1v) is 6.60. The maximum Gasteiger partial charge on any atom is 0.121 e. The summed E-state index contributed by atoms with van der Waals surface area (Å²) in [7, 11) is 1.71. The van der Waals surface area contributed by atoms with Crippen LogP contribution in [0.2, 0.25) is 0 Å². The van der Waals surface area contributed by atoms with E-state index in [-0.39, 0.29) is 0 Å². The summed E-state index contributed by atoms with van der Waals surface area (Å²) in [4.78, 5) is 0. The van der Waals surface area contributed by atoms with Crippen LogP contribution in [-0.2, 0) is 0 Å². The Labute approximate surface area is 111 Å². The van der Waals surface area contributed by atoms with E-state index in [1.54, 1.807) is 7.11 Å². The number of rotatable bonds is 7. The van der Waals surface area contributed by atoms with Crippen molar-refractivity contribution in [2.45, 2.75) is 39.7 Å². The van der Waals surface area contributed by atoms with Crippen LogP contribution in [0.5, 0.6) is 5.75 Å². The molecule has 1 rings (SSSR count). The Morgan fingerprint density at radius 2 is 2.17 bits per heavy atom. The Bertz CT molecular complexity index is 398. The van der Waals surface area contributed by atoms with E-state index in [4.69, 9.17) is 4.74 Å². The average Bonchev–Trinajstić information content (AvgIpc) is 2.34. The molecular weight excluding hydrogens is 222 g/mol. The van der Waals surface area contributed by atoms with Gasteiger partial charge in [0, 0.05) is 6.04 Å². The normalized spacial score (nSPS) is 12.2. The summed E-state index contributed by atoms with van der Waals surface area (Å²) in [5.41, 5.74) is 3.76. The molecule has 0 aromatic heterocycles. The standard InChI is InChI=1S/C16H25NO/c1-6-17-15(9-7-12(2)3)14-8-10-16(18-5)13(4)11-14/h8,10-11,15,17H,2,6-7,9H2,1,3-5H3. The fraction of sp³-hybridized carbons (Fsp3) is 0.500. The Morgan fingerprint density at radius 3 is 2.67 bits per heavy atom. The van der Waals surface area contributed by atoms with Crippen LogP contribution in [0.4, 0.5) is 0 Å². The lowest BCUT2D eigenvalue weighted by Crippen LogP contribution is -2.21. The molecule has 0 saturated carbocycles. The van der Waals surface area contributed by atoms with E-state index in [0.29, 0.717) is 6.04 Å². The summed E-state index contributed by atoms with van der Waals surface area (Å²) in [6.07, 6.45) is 2.15. The summed E-state index contributed by atoms with van der Waals surface area (Å²) >= 11 is 0. The molecule has 2 nitrogen and oxygen atoms in total. The molecule has 1 aromatic carbocycles. The van der Waals surface area contributed by atoms with Crippen molar-refractivity contribution in [3.05, 3.63) is 41.5 Å². The quantitative estimate of drug-likeness (QED) is 0.735. The molecule has 2 heteroatoms. The molecule has 0 amide bonds. The number of aryl methyl sites for hydroxylation is 1. The largest absolute Gasteiger partial charge is 0.496 e. The van der Waals surface area contributed by atoms with E-state index in [1.807, 2.05) is 0 Å². The van der Waals surface area contributed by atoms with Crippen LogP contribution in [0, 0.1) is 6.92 Å². The van der Waals surface area contributed by atoms with E-state index in [2.05, 4.69) is 50.9 Å². The number of ether oxygens (including phenoxy) is 1. The minimum atomic E-state index is 0.399. The van der Waals surface area contributed by atoms with E-state index in [0.717, 1.165) is 25.1 Å². The molecule has 0 aliphatic rings. The molecule has 0 aliphatic carbocycles. The van der Waals surface area contributed by atoms with Gasteiger partial charge in [-0.1, -0.05) is 24.6 Å². The third kappa shape index (κ3) is 4.19. The number of nitrogens with one attached hydrogen (secondary N) is 1. The predicted octanol–water partition coefficient (Wildman–Crippen LogP) is 4.01. The number of hydrogen-bond acceptors (Lipinski definition) is 2. The molecule has 0 radical (unpaired) electrons. The second-order valence-electron chi connectivity index (χ2n) is 4.84. The highest BCUT2D eigenvalue weighted by atomic mass is 16.5. The average molecular weight is 247 g/mol. The van der Waals surface area contributed by atoms with Crippen LogP contribution >= 0.6 is 0 Å². The van der Waals surface area contributed by atoms with Gasteiger partial charge in [-0.3, -0.25) is 0 Å². The smallest absolute Gasteiger partial charge is 0.121 e. The maximum atomic E-state index is 5.30. The Morgan fingerprint density at radius 1 is 1.44 bits per heavy atom. The van der Waals surface area contributed by atoms with Crippen molar-refractivity contribution < 1.29 is 4.74 Å². The van der Waals surface area contributed by atoms with Crippen LogP contribution in [0.25, 0.3) is 0 Å². The van der Waals surface area contributed by atoms with Crippen molar-refractivity contribution in [2.24, 2.45) is 0 Å². The Kier molecular flexibility index (Phi) is 5.93. The fourth-order valence-corrected chi connectivity index (χ4v) is 2.14. The van der Waals surface area contributed by atoms with Crippen LogP contribution in [0.3, 0.4) is 0 Å². The maximum absolute atomic E-state index is 5.30. The molecule has 0 bridgehead atoms. The van der Waals surface area contributed by atoms with E-state index >= 15 is 0 Å². The van der Waals surface area contributed by atoms with Gasteiger partial charge in [0.25, 0.3) is 0 Å². The zero-order valence-corrected chi connectivity index (χ0v) is 12.0. The monoisotopic (exact) mass is 247 g/mol. The summed E-state index contributed by atoms with van der Waals surface area (Å²) < 4.78 is 5.30. The van der Waals surface area contributed by atoms with Crippen molar-refractivity contribution in [3.8, 4) is 5.75 Å². The second kappa shape index (κ2) is 7.22. The van der Waals surface area contributed by atoms with Gasteiger partial charge in [-0.05, 0) is 50.4 Å². The first-order valence-electron chi connectivity index (χ1n) is 6.60.